The Morgan fingerprint density at radius 1 is 1.24 bits per heavy atom. The lowest BCUT2D eigenvalue weighted by Crippen LogP contribution is -2.16. The van der Waals surface area contributed by atoms with Gasteiger partial charge < -0.3 is 10.3 Å². The molecule has 0 aliphatic heterocycles. The molecule has 0 aliphatic rings. The molecular weight excluding hydrogens is 210 g/mol. The maximum Gasteiger partial charge on any atom is 0.0951 e. The molecule has 0 spiro atoms. The van der Waals surface area contributed by atoms with E-state index in [0.717, 1.165) is 12.1 Å². The van der Waals surface area contributed by atoms with E-state index in [1.807, 2.05) is 25.5 Å². The summed E-state index contributed by atoms with van der Waals surface area (Å²) in [5.74, 6) is 0. The van der Waals surface area contributed by atoms with Crippen LogP contribution in [0.3, 0.4) is 0 Å². The van der Waals surface area contributed by atoms with E-state index < -0.39 is 0 Å². The molecule has 1 heterocycles. The van der Waals surface area contributed by atoms with Gasteiger partial charge in [-0.25, -0.2) is 4.98 Å². The molecule has 90 valence electrons. The SMILES string of the molecule is CC(Cc1ccccc1)n1cncc1[C@H](C)N. The molecule has 0 amide bonds. The lowest BCUT2D eigenvalue weighted by Gasteiger charge is -2.18. The van der Waals surface area contributed by atoms with Crippen LogP contribution in [-0.2, 0) is 6.42 Å². The fourth-order valence-corrected chi connectivity index (χ4v) is 2.09. The molecule has 2 atom stereocenters. The number of hydrogen-bond donors (Lipinski definition) is 1. The number of nitrogens with two attached hydrogens (primary N) is 1. The van der Waals surface area contributed by atoms with Gasteiger partial charge in [-0.3, -0.25) is 0 Å². The highest BCUT2D eigenvalue weighted by Gasteiger charge is 2.12. The molecule has 2 aromatic rings. The van der Waals surface area contributed by atoms with Crippen LogP contribution in [-0.4, -0.2) is 9.55 Å². The van der Waals surface area contributed by atoms with Crippen LogP contribution < -0.4 is 5.73 Å². The van der Waals surface area contributed by atoms with Gasteiger partial charge in [-0.05, 0) is 25.8 Å². The molecule has 3 nitrogen and oxygen atoms in total. The van der Waals surface area contributed by atoms with Gasteiger partial charge in [0.2, 0.25) is 0 Å². The summed E-state index contributed by atoms with van der Waals surface area (Å²) in [6.07, 6.45) is 4.72. The van der Waals surface area contributed by atoms with Crippen LogP contribution in [0, 0.1) is 0 Å². The molecule has 0 aliphatic carbocycles. The second-order valence-corrected chi connectivity index (χ2v) is 4.55. The first-order valence-electron chi connectivity index (χ1n) is 5.99. The Morgan fingerprint density at radius 3 is 2.59 bits per heavy atom. The van der Waals surface area contributed by atoms with Crippen molar-refractivity contribution < 1.29 is 0 Å². The van der Waals surface area contributed by atoms with E-state index in [2.05, 4.69) is 40.7 Å². The van der Waals surface area contributed by atoms with Gasteiger partial charge in [-0.1, -0.05) is 30.3 Å². The topological polar surface area (TPSA) is 43.8 Å². The highest BCUT2D eigenvalue weighted by molar-refractivity contribution is 5.16. The fraction of sp³-hybridized carbons (Fsp3) is 0.357. The zero-order chi connectivity index (χ0) is 12.3. The minimum atomic E-state index is 0.0238. The van der Waals surface area contributed by atoms with Crippen LogP contribution in [0.4, 0.5) is 0 Å². The molecule has 0 fully saturated rings. The molecular formula is C14H19N3. The maximum atomic E-state index is 5.93. The lowest BCUT2D eigenvalue weighted by molar-refractivity contribution is 0.510. The number of aromatic nitrogens is 2. The van der Waals surface area contributed by atoms with Crippen LogP contribution in [0.2, 0.25) is 0 Å². The summed E-state index contributed by atoms with van der Waals surface area (Å²) in [7, 11) is 0. The standard InChI is InChI=1S/C14H19N3/c1-11(8-13-6-4-3-5-7-13)17-10-16-9-14(17)12(2)15/h3-7,9-12H,8,15H2,1-2H3/t11?,12-/m0/s1. The van der Waals surface area contributed by atoms with Crippen molar-refractivity contribution in [2.24, 2.45) is 5.73 Å². The molecule has 0 bridgehead atoms. The third-order valence-corrected chi connectivity index (χ3v) is 3.01. The fourth-order valence-electron chi connectivity index (χ4n) is 2.09. The summed E-state index contributed by atoms with van der Waals surface area (Å²) >= 11 is 0. The molecule has 3 heteroatoms. The van der Waals surface area contributed by atoms with E-state index >= 15 is 0 Å². The normalized spacial score (nSPS) is 14.5. The minimum absolute atomic E-state index is 0.0238. The first-order chi connectivity index (χ1) is 8.18. The van der Waals surface area contributed by atoms with Crippen molar-refractivity contribution in [1.82, 2.24) is 9.55 Å². The molecule has 1 unspecified atom stereocenters. The Labute approximate surface area is 102 Å². The van der Waals surface area contributed by atoms with Crippen molar-refractivity contribution in [2.45, 2.75) is 32.4 Å². The van der Waals surface area contributed by atoms with E-state index in [1.54, 1.807) is 0 Å². The Balaban J connectivity index is 2.15. The molecule has 0 radical (unpaired) electrons. The molecule has 17 heavy (non-hydrogen) atoms. The second-order valence-electron chi connectivity index (χ2n) is 4.55. The summed E-state index contributed by atoms with van der Waals surface area (Å²) in [5.41, 5.74) is 8.36. The van der Waals surface area contributed by atoms with Crippen LogP contribution in [0.1, 0.15) is 37.2 Å². The monoisotopic (exact) mass is 229 g/mol. The Hall–Kier alpha value is -1.61. The van der Waals surface area contributed by atoms with Gasteiger partial charge in [-0.15, -0.1) is 0 Å². The molecule has 1 aromatic heterocycles. The molecule has 1 aromatic carbocycles. The van der Waals surface area contributed by atoms with Gasteiger partial charge in [0, 0.05) is 18.3 Å². The number of nitrogens with zero attached hydrogens (tertiary/aromatic N) is 2. The number of imidazole rings is 1. The van der Waals surface area contributed by atoms with E-state index in [1.165, 1.54) is 5.56 Å². The van der Waals surface area contributed by atoms with E-state index in [4.69, 9.17) is 5.73 Å². The van der Waals surface area contributed by atoms with Gasteiger partial charge in [-0.2, -0.15) is 0 Å². The summed E-state index contributed by atoms with van der Waals surface area (Å²) in [6.45, 7) is 4.18. The third-order valence-electron chi connectivity index (χ3n) is 3.01. The summed E-state index contributed by atoms with van der Waals surface area (Å²) in [6, 6.07) is 10.9. The first-order valence-corrected chi connectivity index (χ1v) is 5.99. The Morgan fingerprint density at radius 2 is 1.94 bits per heavy atom. The van der Waals surface area contributed by atoms with Crippen molar-refractivity contribution in [1.29, 1.82) is 0 Å². The largest absolute Gasteiger partial charge is 0.330 e. The van der Waals surface area contributed by atoms with Crippen LogP contribution >= 0.6 is 0 Å². The summed E-state index contributed by atoms with van der Waals surface area (Å²) in [4.78, 5) is 4.19. The van der Waals surface area contributed by atoms with Crippen LogP contribution in [0.5, 0.6) is 0 Å². The average Bonchev–Trinajstić information content (AvgIpc) is 2.79. The van der Waals surface area contributed by atoms with Crippen LogP contribution in [0.15, 0.2) is 42.9 Å². The predicted octanol–water partition coefficient (Wildman–Crippen LogP) is 2.71. The number of rotatable bonds is 4. The van der Waals surface area contributed by atoms with Crippen molar-refractivity contribution >= 4 is 0 Å². The lowest BCUT2D eigenvalue weighted by atomic mass is 10.1. The molecule has 2 N–H and O–H groups in total. The first kappa shape index (κ1) is 11.9. The Kier molecular flexibility index (Phi) is 3.59. The van der Waals surface area contributed by atoms with Crippen molar-refractivity contribution in [2.75, 3.05) is 0 Å². The zero-order valence-electron chi connectivity index (χ0n) is 10.4. The van der Waals surface area contributed by atoms with Crippen molar-refractivity contribution in [3.05, 3.63) is 54.1 Å². The van der Waals surface area contributed by atoms with Gasteiger partial charge >= 0.3 is 0 Å². The third kappa shape index (κ3) is 2.74. The molecule has 0 saturated carbocycles. The molecule has 2 rings (SSSR count). The highest BCUT2D eigenvalue weighted by Crippen LogP contribution is 2.18. The summed E-state index contributed by atoms with van der Waals surface area (Å²) < 4.78 is 2.16. The van der Waals surface area contributed by atoms with Crippen molar-refractivity contribution in [3.63, 3.8) is 0 Å². The van der Waals surface area contributed by atoms with Gasteiger partial charge in [0.05, 0.1) is 12.0 Å². The van der Waals surface area contributed by atoms with E-state index in [-0.39, 0.29) is 6.04 Å². The quantitative estimate of drug-likeness (QED) is 0.876. The predicted molar refractivity (Wildman–Crippen MR) is 69.7 cm³/mol. The average molecular weight is 229 g/mol. The highest BCUT2D eigenvalue weighted by atomic mass is 15.1. The van der Waals surface area contributed by atoms with E-state index in [9.17, 15) is 0 Å². The Bertz CT molecular complexity index is 459. The number of benzene rings is 1. The maximum absolute atomic E-state index is 5.93. The van der Waals surface area contributed by atoms with Crippen LogP contribution in [0.25, 0.3) is 0 Å². The van der Waals surface area contributed by atoms with Gasteiger partial charge in [0.15, 0.2) is 0 Å². The second kappa shape index (κ2) is 5.15. The van der Waals surface area contributed by atoms with Gasteiger partial charge in [0.25, 0.3) is 0 Å². The smallest absolute Gasteiger partial charge is 0.0951 e. The minimum Gasteiger partial charge on any atom is -0.330 e. The van der Waals surface area contributed by atoms with Gasteiger partial charge in [0.1, 0.15) is 0 Å². The summed E-state index contributed by atoms with van der Waals surface area (Å²) in [5, 5.41) is 0. The molecule has 0 saturated heterocycles. The van der Waals surface area contributed by atoms with E-state index in [0.29, 0.717) is 6.04 Å². The zero-order valence-corrected chi connectivity index (χ0v) is 10.4. The number of hydrogen-bond acceptors (Lipinski definition) is 2. The van der Waals surface area contributed by atoms with Crippen molar-refractivity contribution in [3.8, 4) is 0 Å².